The van der Waals surface area contributed by atoms with Crippen LogP contribution in [0.3, 0.4) is 0 Å². The number of aromatic nitrogens is 2. The highest BCUT2D eigenvalue weighted by Gasteiger charge is 2.08. The summed E-state index contributed by atoms with van der Waals surface area (Å²) in [7, 11) is 0. The van der Waals surface area contributed by atoms with E-state index in [-0.39, 0.29) is 5.91 Å². The first-order chi connectivity index (χ1) is 10.1. The van der Waals surface area contributed by atoms with Gasteiger partial charge in [-0.05, 0) is 30.5 Å². The first-order valence-electron chi connectivity index (χ1n) is 7.07. The Labute approximate surface area is 124 Å². The second-order valence-electron chi connectivity index (χ2n) is 5.05. The van der Waals surface area contributed by atoms with Gasteiger partial charge in [0.25, 0.3) is 5.91 Å². The van der Waals surface area contributed by atoms with Crippen LogP contribution in [0.5, 0.6) is 0 Å². The molecular formula is C16H20N4O. The average molecular weight is 284 g/mol. The molecule has 110 valence electrons. The number of hydrogen-bond acceptors (Lipinski definition) is 4. The summed E-state index contributed by atoms with van der Waals surface area (Å²) in [5, 5.41) is 5.85. The quantitative estimate of drug-likeness (QED) is 0.884. The second-order valence-corrected chi connectivity index (χ2v) is 5.05. The Kier molecular flexibility index (Phi) is 4.87. The zero-order valence-electron chi connectivity index (χ0n) is 12.6. The first-order valence-corrected chi connectivity index (χ1v) is 7.07. The molecule has 0 aliphatic rings. The fraction of sp³-hybridized carbons (Fsp3) is 0.312. The Balaban J connectivity index is 2.03. The maximum atomic E-state index is 12.1. The van der Waals surface area contributed by atoms with Crippen molar-refractivity contribution in [2.45, 2.75) is 26.7 Å². The summed E-state index contributed by atoms with van der Waals surface area (Å²) >= 11 is 0. The van der Waals surface area contributed by atoms with Crippen molar-refractivity contribution in [1.82, 2.24) is 9.97 Å². The normalized spacial score (nSPS) is 10.5. The molecule has 0 saturated heterocycles. The number of nitrogens with zero attached hydrogens (tertiary/aromatic N) is 2. The molecule has 0 saturated carbocycles. The summed E-state index contributed by atoms with van der Waals surface area (Å²) in [5.41, 5.74) is 2.29. The maximum Gasteiger partial charge on any atom is 0.275 e. The van der Waals surface area contributed by atoms with Crippen LogP contribution in [0.25, 0.3) is 0 Å². The Morgan fingerprint density at radius 2 is 1.86 bits per heavy atom. The van der Waals surface area contributed by atoms with E-state index in [1.807, 2.05) is 31.2 Å². The minimum absolute atomic E-state index is 0.261. The molecule has 1 amide bonds. The molecule has 5 nitrogen and oxygen atoms in total. The molecule has 0 radical (unpaired) electrons. The lowest BCUT2D eigenvalue weighted by molar-refractivity contribution is 0.102. The van der Waals surface area contributed by atoms with Crippen LogP contribution in [-0.2, 0) is 0 Å². The average Bonchev–Trinajstić information content (AvgIpc) is 2.49. The fourth-order valence-corrected chi connectivity index (χ4v) is 1.86. The summed E-state index contributed by atoms with van der Waals surface area (Å²) in [5.74, 6) is 0.873. The SMILES string of the molecule is CCNc1cnc(C(=O)Nc2ccc(C(C)C)cc2)cn1. The molecule has 0 fully saturated rings. The van der Waals surface area contributed by atoms with Crippen LogP contribution < -0.4 is 10.6 Å². The minimum atomic E-state index is -0.261. The molecule has 1 aromatic carbocycles. The van der Waals surface area contributed by atoms with E-state index in [4.69, 9.17) is 0 Å². The molecule has 0 unspecified atom stereocenters. The van der Waals surface area contributed by atoms with Crippen LogP contribution >= 0.6 is 0 Å². The zero-order chi connectivity index (χ0) is 15.2. The van der Waals surface area contributed by atoms with Gasteiger partial charge in [-0.1, -0.05) is 26.0 Å². The molecule has 2 aromatic rings. The number of carbonyl (C=O) groups excluding carboxylic acids is 1. The minimum Gasteiger partial charge on any atom is -0.369 e. The number of rotatable bonds is 5. The van der Waals surface area contributed by atoms with Crippen molar-refractivity contribution < 1.29 is 4.79 Å². The largest absolute Gasteiger partial charge is 0.369 e. The smallest absolute Gasteiger partial charge is 0.275 e. The zero-order valence-corrected chi connectivity index (χ0v) is 12.6. The van der Waals surface area contributed by atoms with Gasteiger partial charge in [0, 0.05) is 12.2 Å². The van der Waals surface area contributed by atoms with E-state index in [1.54, 1.807) is 6.20 Å². The molecular weight excluding hydrogens is 264 g/mol. The summed E-state index contributed by atoms with van der Waals surface area (Å²) in [4.78, 5) is 20.3. The highest BCUT2D eigenvalue weighted by Crippen LogP contribution is 2.17. The summed E-state index contributed by atoms with van der Waals surface area (Å²) in [6, 6.07) is 7.82. The fourth-order valence-electron chi connectivity index (χ4n) is 1.86. The van der Waals surface area contributed by atoms with E-state index in [1.165, 1.54) is 11.8 Å². The van der Waals surface area contributed by atoms with Crippen LogP contribution in [0.4, 0.5) is 11.5 Å². The van der Waals surface area contributed by atoms with Crippen molar-refractivity contribution in [3.8, 4) is 0 Å². The van der Waals surface area contributed by atoms with Crippen LogP contribution in [0.2, 0.25) is 0 Å². The number of carbonyl (C=O) groups is 1. The molecule has 2 N–H and O–H groups in total. The van der Waals surface area contributed by atoms with E-state index < -0.39 is 0 Å². The van der Waals surface area contributed by atoms with Crippen molar-refractivity contribution in [3.05, 3.63) is 47.9 Å². The van der Waals surface area contributed by atoms with Gasteiger partial charge in [0.15, 0.2) is 0 Å². The maximum absolute atomic E-state index is 12.1. The summed E-state index contributed by atoms with van der Waals surface area (Å²) < 4.78 is 0. The highest BCUT2D eigenvalue weighted by molar-refractivity contribution is 6.02. The lowest BCUT2D eigenvalue weighted by Crippen LogP contribution is -2.14. The number of nitrogens with one attached hydrogen (secondary N) is 2. The van der Waals surface area contributed by atoms with Gasteiger partial charge >= 0.3 is 0 Å². The number of benzene rings is 1. The van der Waals surface area contributed by atoms with Crippen LogP contribution in [0.1, 0.15) is 42.7 Å². The molecule has 0 bridgehead atoms. The summed E-state index contributed by atoms with van der Waals surface area (Å²) in [6.45, 7) is 7.01. The van der Waals surface area contributed by atoms with Gasteiger partial charge in [0.1, 0.15) is 11.5 Å². The predicted molar refractivity (Wildman–Crippen MR) is 84.7 cm³/mol. The van der Waals surface area contributed by atoms with Gasteiger partial charge in [-0.15, -0.1) is 0 Å². The van der Waals surface area contributed by atoms with Crippen molar-refractivity contribution in [1.29, 1.82) is 0 Å². The molecule has 1 heterocycles. The second kappa shape index (κ2) is 6.83. The molecule has 0 aliphatic carbocycles. The first kappa shape index (κ1) is 15.0. The van der Waals surface area contributed by atoms with E-state index in [0.29, 0.717) is 17.4 Å². The molecule has 1 aromatic heterocycles. The highest BCUT2D eigenvalue weighted by atomic mass is 16.1. The molecule has 2 rings (SSSR count). The van der Waals surface area contributed by atoms with Crippen LogP contribution in [-0.4, -0.2) is 22.4 Å². The van der Waals surface area contributed by atoms with Crippen LogP contribution in [0.15, 0.2) is 36.7 Å². The van der Waals surface area contributed by atoms with E-state index >= 15 is 0 Å². The predicted octanol–water partition coefficient (Wildman–Crippen LogP) is 3.28. The standard InChI is InChI=1S/C16H20N4O/c1-4-17-15-10-18-14(9-19-15)16(21)20-13-7-5-12(6-8-13)11(2)3/h5-11H,4H2,1-3H3,(H,17,19)(H,20,21). The topological polar surface area (TPSA) is 66.9 Å². The number of amides is 1. The van der Waals surface area contributed by atoms with Gasteiger partial charge < -0.3 is 10.6 Å². The lowest BCUT2D eigenvalue weighted by atomic mass is 10.0. The van der Waals surface area contributed by atoms with Gasteiger partial charge in [0.05, 0.1) is 12.4 Å². The van der Waals surface area contributed by atoms with Crippen molar-refractivity contribution in [2.24, 2.45) is 0 Å². The Hall–Kier alpha value is -2.43. The molecule has 5 heteroatoms. The third-order valence-electron chi connectivity index (χ3n) is 3.08. The third-order valence-corrected chi connectivity index (χ3v) is 3.08. The summed E-state index contributed by atoms with van der Waals surface area (Å²) in [6.07, 6.45) is 3.02. The van der Waals surface area contributed by atoms with E-state index in [2.05, 4.69) is 34.4 Å². The monoisotopic (exact) mass is 284 g/mol. The molecule has 21 heavy (non-hydrogen) atoms. The van der Waals surface area contributed by atoms with Gasteiger partial charge in [0.2, 0.25) is 0 Å². The van der Waals surface area contributed by atoms with Gasteiger partial charge in [-0.2, -0.15) is 0 Å². The Bertz CT molecular complexity index is 591. The van der Waals surface area contributed by atoms with Crippen molar-refractivity contribution in [2.75, 3.05) is 17.2 Å². The van der Waals surface area contributed by atoms with E-state index in [9.17, 15) is 4.79 Å². The Morgan fingerprint density at radius 1 is 1.14 bits per heavy atom. The molecule has 0 atom stereocenters. The van der Waals surface area contributed by atoms with Crippen LogP contribution in [0, 0.1) is 0 Å². The third kappa shape index (κ3) is 4.02. The van der Waals surface area contributed by atoms with Gasteiger partial charge in [-0.25, -0.2) is 9.97 Å². The molecule has 0 aliphatic heterocycles. The molecule has 0 spiro atoms. The van der Waals surface area contributed by atoms with E-state index in [0.717, 1.165) is 12.2 Å². The van der Waals surface area contributed by atoms with Gasteiger partial charge in [-0.3, -0.25) is 4.79 Å². The van der Waals surface area contributed by atoms with Crippen molar-refractivity contribution >= 4 is 17.4 Å². The lowest BCUT2D eigenvalue weighted by Gasteiger charge is -2.08. The number of anilines is 2. The Morgan fingerprint density at radius 3 is 2.38 bits per heavy atom. The van der Waals surface area contributed by atoms with Crippen molar-refractivity contribution in [3.63, 3.8) is 0 Å². The number of hydrogen-bond donors (Lipinski definition) is 2.